The van der Waals surface area contributed by atoms with Crippen LogP contribution in [0.5, 0.6) is 0 Å². The number of nitrogens with zero attached hydrogens (tertiary/aromatic N) is 1. The van der Waals surface area contributed by atoms with Gasteiger partial charge in [-0.3, -0.25) is 0 Å². The highest BCUT2D eigenvalue weighted by molar-refractivity contribution is 8.13. The van der Waals surface area contributed by atoms with Gasteiger partial charge in [0.1, 0.15) is 0 Å². The molecule has 4 unspecified atom stereocenters. The molecule has 9 heteroatoms. The van der Waals surface area contributed by atoms with Gasteiger partial charge in [0.25, 0.3) is 0 Å². The van der Waals surface area contributed by atoms with Crippen LogP contribution in [0.1, 0.15) is 40.5 Å². The summed E-state index contributed by atoms with van der Waals surface area (Å²) in [6.07, 6.45) is 4.77. The van der Waals surface area contributed by atoms with Gasteiger partial charge in [-0.15, -0.1) is 0 Å². The summed E-state index contributed by atoms with van der Waals surface area (Å²) in [7, 11) is -1.65. The lowest BCUT2D eigenvalue weighted by Crippen LogP contribution is -2.41. The predicted molar refractivity (Wildman–Crippen MR) is 106 cm³/mol. The van der Waals surface area contributed by atoms with Crippen LogP contribution in [-0.2, 0) is 19.1 Å². The maximum atomic E-state index is 11.2. The summed E-state index contributed by atoms with van der Waals surface area (Å²) in [6.45, 7) is 12.7. The molecule has 0 amide bonds. The topological polar surface area (TPSA) is 83.6 Å². The quantitative estimate of drug-likeness (QED) is 0.661. The molecule has 0 aliphatic carbocycles. The van der Waals surface area contributed by atoms with Crippen LogP contribution in [0, 0.1) is 23.7 Å². The molecule has 0 radical (unpaired) electrons. The summed E-state index contributed by atoms with van der Waals surface area (Å²) >= 11 is 0. The molecule has 2 rings (SSSR count). The van der Waals surface area contributed by atoms with E-state index in [0.717, 1.165) is 24.5 Å². The molecule has 2 saturated heterocycles. The van der Waals surface area contributed by atoms with E-state index in [2.05, 4.69) is 43.7 Å². The fourth-order valence-corrected chi connectivity index (χ4v) is 4.36. The van der Waals surface area contributed by atoms with Gasteiger partial charge in [0.05, 0.1) is 12.5 Å². The molecule has 0 saturated carbocycles. The molecule has 25 heavy (non-hydrogen) atoms. The Morgan fingerprint density at radius 3 is 1.36 bits per heavy atom. The highest BCUT2D eigenvalue weighted by atomic mass is 35.7. The Bertz CT molecular complexity index is 555. The summed E-state index contributed by atoms with van der Waals surface area (Å²) in [5.41, 5.74) is 0. The third-order valence-corrected chi connectivity index (χ3v) is 5.33. The van der Waals surface area contributed by atoms with Crippen LogP contribution < -0.4 is 5.32 Å². The van der Waals surface area contributed by atoms with E-state index in [-0.39, 0.29) is 0 Å². The lowest BCUT2D eigenvalue weighted by atomic mass is 9.94. The van der Waals surface area contributed by atoms with Crippen molar-refractivity contribution in [3.05, 3.63) is 0 Å². The van der Waals surface area contributed by atoms with E-state index in [4.69, 9.17) is 0 Å². The normalized spacial score (nSPS) is 31.2. The standard InChI is InChI=1S/C8H17NO2S.C7H15N.CH3ClO2S/c1-7-4-8(2)6-9(5-7)12(3,10)11;1-6-3-7(2)5-8-4-6;1-5(2,3)4/h7-8H,4-6H2,1-3H3;6-8H,3-5H2,1-2H3;1H3. The van der Waals surface area contributed by atoms with Gasteiger partial charge < -0.3 is 5.32 Å². The van der Waals surface area contributed by atoms with Gasteiger partial charge in [-0.05, 0) is 49.6 Å². The van der Waals surface area contributed by atoms with E-state index < -0.39 is 19.1 Å². The Hall–Kier alpha value is 0.110. The molecule has 4 atom stereocenters. The summed E-state index contributed by atoms with van der Waals surface area (Å²) in [5.74, 6) is 2.81. The number of nitrogens with one attached hydrogen (secondary N) is 1. The van der Waals surface area contributed by atoms with Crippen molar-refractivity contribution in [1.29, 1.82) is 0 Å². The van der Waals surface area contributed by atoms with Crippen LogP contribution in [0.4, 0.5) is 0 Å². The van der Waals surface area contributed by atoms with Crippen LogP contribution in [0.2, 0.25) is 0 Å². The molecule has 152 valence electrons. The first-order valence-corrected chi connectivity index (χ1v) is 13.3. The maximum Gasteiger partial charge on any atom is 0.229 e. The number of piperidine rings is 2. The molecule has 0 aromatic carbocycles. The van der Waals surface area contributed by atoms with Gasteiger partial charge >= 0.3 is 0 Å². The first-order valence-electron chi connectivity index (χ1n) is 8.73. The molecule has 2 aliphatic heterocycles. The molecule has 2 aliphatic rings. The second kappa shape index (κ2) is 11.1. The van der Waals surface area contributed by atoms with E-state index in [0.29, 0.717) is 24.9 Å². The minimum Gasteiger partial charge on any atom is -0.316 e. The fraction of sp³-hybridized carbons (Fsp3) is 1.00. The minimum atomic E-state index is -3.19. The summed E-state index contributed by atoms with van der Waals surface area (Å²) < 4.78 is 42.8. The van der Waals surface area contributed by atoms with E-state index >= 15 is 0 Å². The van der Waals surface area contributed by atoms with Crippen molar-refractivity contribution in [2.24, 2.45) is 23.7 Å². The van der Waals surface area contributed by atoms with Crippen molar-refractivity contribution in [2.45, 2.75) is 40.5 Å². The minimum absolute atomic E-state index is 0.503. The van der Waals surface area contributed by atoms with Crippen LogP contribution in [-0.4, -0.2) is 59.8 Å². The third-order valence-electron chi connectivity index (χ3n) is 4.09. The first kappa shape index (κ1) is 25.1. The van der Waals surface area contributed by atoms with Gasteiger partial charge in [0, 0.05) is 23.8 Å². The van der Waals surface area contributed by atoms with Crippen LogP contribution in [0.3, 0.4) is 0 Å². The van der Waals surface area contributed by atoms with Crippen molar-refractivity contribution in [3.63, 3.8) is 0 Å². The molecule has 0 aromatic heterocycles. The fourth-order valence-electron chi connectivity index (χ4n) is 3.31. The first-order chi connectivity index (χ1) is 11.2. The molecular formula is C16H35ClN2O4S2. The molecule has 2 heterocycles. The Morgan fingerprint density at radius 1 is 0.800 bits per heavy atom. The van der Waals surface area contributed by atoms with Crippen LogP contribution >= 0.6 is 10.7 Å². The molecule has 6 nitrogen and oxygen atoms in total. The number of sulfonamides is 1. The van der Waals surface area contributed by atoms with Gasteiger partial charge in [0.2, 0.25) is 19.1 Å². The number of hydrogen-bond donors (Lipinski definition) is 1. The van der Waals surface area contributed by atoms with Gasteiger partial charge in [-0.1, -0.05) is 27.7 Å². The van der Waals surface area contributed by atoms with Crippen LogP contribution in [0.25, 0.3) is 0 Å². The zero-order valence-corrected chi connectivity index (χ0v) is 18.7. The van der Waals surface area contributed by atoms with Crippen molar-refractivity contribution >= 4 is 29.8 Å². The van der Waals surface area contributed by atoms with Gasteiger partial charge in [0.15, 0.2) is 0 Å². The average Bonchev–Trinajstić information content (AvgIpc) is 2.34. The molecule has 0 bridgehead atoms. The van der Waals surface area contributed by atoms with Crippen molar-refractivity contribution in [2.75, 3.05) is 38.7 Å². The Morgan fingerprint density at radius 2 is 1.12 bits per heavy atom. The predicted octanol–water partition coefficient (Wildman–Crippen LogP) is 2.36. The Kier molecular flexibility index (Phi) is 11.1. The molecular weight excluding hydrogens is 384 g/mol. The van der Waals surface area contributed by atoms with E-state index in [9.17, 15) is 16.8 Å². The second-order valence-electron chi connectivity index (χ2n) is 7.81. The Balaban J connectivity index is 0.000000382. The van der Waals surface area contributed by atoms with Crippen molar-refractivity contribution in [1.82, 2.24) is 9.62 Å². The number of hydrogen-bond acceptors (Lipinski definition) is 5. The average molecular weight is 419 g/mol. The lowest BCUT2D eigenvalue weighted by Gasteiger charge is -2.32. The molecule has 2 fully saturated rings. The summed E-state index contributed by atoms with van der Waals surface area (Å²) in [4.78, 5) is 0. The molecule has 0 aromatic rings. The van der Waals surface area contributed by atoms with E-state index in [1.165, 1.54) is 25.8 Å². The largest absolute Gasteiger partial charge is 0.316 e. The maximum absolute atomic E-state index is 11.2. The highest BCUT2D eigenvalue weighted by Gasteiger charge is 2.27. The van der Waals surface area contributed by atoms with Crippen molar-refractivity contribution in [3.8, 4) is 0 Å². The zero-order chi connectivity index (χ0) is 19.8. The Labute approximate surface area is 159 Å². The molecule has 0 spiro atoms. The zero-order valence-electron chi connectivity index (χ0n) is 16.3. The molecule has 1 N–H and O–H groups in total. The summed E-state index contributed by atoms with van der Waals surface area (Å²) in [5, 5.41) is 3.38. The number of rotatable bonds is 1. The number of halogens is 1. The van der Waals surface area contributed by atoms with Gasteiger partial charge in [-0.25, -0.2) is 21.1 Å². The SMILES string of the molecule is CC1CC(C)CN(S(C)(=O)=O)C1.CC1CNCC(C)C1.CS(=O)(=O)Cl. The third kappa shape index (κ3) is 14.9. The van der Waals surface area contributed by atoms with Crippen LogP contribution in [0.15, 0.2) is 0 Å². The second-order valence-corrected chi connectivity index (χ2v) is 12.8. The van der Waals surface area contributed by atoms with E-state index in [1.807, 2.05) is 0 Å². The van der Waals surface area contributed by atoms with E-state index in [1.54, 1.807) is 4.31 Å². The highest BCUT2D eigenvalue weighted by Crippen LogP contribution is 2.22. The summed E-state index contributed by atoms with van der Waals surface area (Å²) in [6, 6.07) is 0. The lowest BCUT2D eigenvalue weighted by molar-refractivity contribution is 0.223. The smallest absolute Gasteiger partial charge is 0.229 e. The van der Waals surface area contributed by atoms with Crippen molar-refractivity contribution < 1.29 is 16.8 Å². The van der Waals surface area contributed by atoms with Gasteiger partial charge in [-0.2, -0.15) is 0 Å². The monoisotopic (exact) mass is 418 g/mol.